The van der Waals surface area contributed by atoms with E-state index in [9.17, 15) is 0 Å². The van der Waals surface area contributed by atoms with Crippen molar-refractivity contribution in [2.45, 2.75) is 20.3 Å². The first-order chi connectivity index (χ1) is 8.20. The first kappa shape index (κ1) is 11.3. The van der Waals surface area contributed by atoms with Gasteiger partial charge >= 0.3 is 0 Å². The Morgan fingerprint density at radius 3 is 2.59 bits per heavy atom. The lowest BCUT2D eigenvalue weighted by Gasteiger charge is -2.06. The summed E-state index contributed by atoms with van der Waals surface area (Å²) in [7, 11) is 0. The molecular formula is C15H14N2. The van der Waals surface area contributed by atoms with Gasteiger partial charge < -0.3 is 0 Å². The van der Waals surface area contributed by atoms with Crippen molar-refractivity contribution in [1.82, 2.24) is 4.98 Å². The number of nitriles is 1. The molecule has 0 saturated carbocycles. The highest BCUT2D eigenvalue weighted by atomic mass is 14.7. The van der Waals surface area contributed by atoms with Gasteiger partial charge in [0.1, 0.15) is 0 Å². The van der Waals surface area contributed by atoms with E-state index < -0.39 is 0 Å². The van der Waals surface area contributed by atoms with E-state index in [-0.39, 0.29) is 0 Å². The third-order valence-electron chi connectivity index (χ3n) is 2.77. The van der Waals surface area contributed by atoms with Gasteiger partial charge in [0, 0.05) is 11.8 Å². The van der Waals surface area contributed by atoms with Gasteiger partial charge in [0.05, 0.1) is 18.2 Å². The Hall–Kier alpha value is -2.14. The van der Waals surface area contributed by atoms with E-state index in [1.165, 1.54) is 11.1 Å². The van der Waals surface area contributed by atoms with Crippen molar-refractivity contribution >= 4 is 0 Å². The van der Waals surface area contributed by atoms with Gasteiger partial charge in [-0.15, -0.1) is 0 Å². The highest BCUT2D eigenvalue weighted by Gasteiger charge is 2.03. The van der Waals surface area contributed by atoms with Crippen LogP contribution in [0.15, 0.2) is 36.5 Å². The molecule has 0 atom stereocenters. The smallest absolute Gasteiger partial charge is 0.0704 e. The largest absolute Gasteiger partial charge is 0.256 e. The summed E-state index contributed by atoms with van der Waals surface area (Å²) in [5.74, 6) is 0. The van der Waals surface area contributed by atoms with Gasteiger partial charge in [-0.1, -0.05) is 29.8 Å². The predicted octanol–water partition coefficient (Wildman–Crippen LogP) is 3.43. The average molecular weight is 222 g/mol. The van der Waals surface area contributed by atoms with E-state index in [2.05, 4.69) is 43.1 Å². The van der Waals surface area contributed by atoms with Gasteiger partial charge in [0.25, 0.3) is 0 Å². The van der Waals surface area contributed by atoms with E-state index in [0.29, 0.717) is 6.42 Å². The van der Waals surface area contributed by atoms with E-state index >= 15 is 0 Å². The van der Waals surface area contributed by atoms with Gasteiger partial charge in [-0.3, -0.25) is 4.98 Å². The lowest BCUT2D eigenvalue weighted by Crippen LogP contribution is -1.90. The van der Waals surface area contributed by atoms with Crippen LogP contribution < -0.4 is 0 Å². The Morgan fingerprint density at radius 1 is 1.18 bits per heavy atom. The lowest BCUT2D eigenvalue weighted by molar-refractivity contribution is 1.19. The fraction of sp³-hybridized carbons (Fsp3) is 0.200. The molecule has 2 aromatic rings. The van der Waals surface area contributed by atoms with Gasteiger partial charge in [0.15, 0.2) is 0 Å². The zero-order valence-electron chi connectivity index (χ0n) is 10.1. The molecule has 0 amide bonds. The van der Waals surface area contributed by atoms with E-state index in [4.69, 9.17) is 5.26 Å². The molecule has 2 rings (SSSR count). The maximum Gasteiger partial charge on any atom is 0.0704 e. The molecule has 0 aliphatic heterocycles. The molecule has 2 heteroatoms. The summed E-state index contributed by atoms with van der Waals surface area (Å²) >= 11 is 0. The monoisotopic (exact) mass is 222 g/mol. The molecule has 0 spiro atoms. The molecule has 1 heterocycles. The summed E-state index contributed by atoms with van der Waals surface area (Å²) in [5, 5.41) is 8.60. The topological polar surface area (TPSA) is 36.7 Å². The van der Waals surface area contributed by atoms with Crippen LogP contribution >= 0.6 is 0 Å². The second-order valence-corrected chi connectivity index (χ2v) is 4.20. The second kappa shape index (κ2) is 4.80. The zero-order chi connectivity index (χ0) is 12.3. The lowest BCUT2D eigenvalue weighted by atomic mass is 10.0. The third-order valence-corrected chi connectivity index (χ3v) is 2.77. The average Bonchev–Trinajstić information content (AvgIpc) is 2.31. The quantitative estimate of drug-likeness (QED) is 0.780. The van der Waals surface area contributed by atoms with Crippen LogP contribution in [0, 0.1) is 25.2 Å². The summed E-state index contributed by atoms with van der Waals surface area (Å²) in [6.45, 7) is 4.17. The maximum atomic E-state index is 8.60. The zero-order valence-corrected chi connectivity index (χ0v) is 10.1. The Morgan fingerprint density at radius 2 is 2.00 bits per heavy atom. The van der Waals surface area contributed by atoms with Crippen LogP contribution in [0.5, 0.6) is 0 Å². The molecule has 0 aliphatic carbocycles. The Kier molecular flexibility index (Phi) is 3.20. The molecule has 0 radical (unpaired) electrons. The number of aryl methyl sites for hydroxylation is 2. The van der Waals surface area contributed by atoms with Crippen molar-refractivity contribution in [2.24, 2.45) is 0 Å². The first-order valence-corrected chi connectivity index (χ1v) is 5.60. The minimum absolute atomic E-state index is 0.417. The SMILES string of the molecule is Cc1ccc(-c2ccc(CC#N)cn2)c(C)c1. The molecule has 0 unspecified atom stereocenters. The van der Waals surface area contributed by atoms with Gasteiger partial charge in [-0.2, -0.15) is 5.26 Å². The second-order valence-electron chi connectivity index (χ2n) is 4.20. The van der Waals surface area contributed by atoms with Crippen molar-refractivity contribution < 1.29 is 0 Å². The van der Waals surface area contributed by atoms with Crippen LogP contribution in [0.1, 0.15) is 16.7 Å². The number of aromatic nitrogens is 1. The molecule has 0 saturated heterocycles. The highest BCUT2D eigenvalue weighted by Crippen LogP contribution is 2.22. The Labute approximate surface area is 102 Å². The van der Waals surface area contributed by atoms with E-state index in [0.717, 1.165) is 16.8 Å². The van der Waals surface area contributed by atoms with Gasteiger partial charge in [-0.05, 0) is 31.0 Å². The van der Waals surface area contributed by atoms with Crippen molar-refractivity contribution in [3.63, 3.8) is 0 Å². The molecule has 0 bridgehead atoms. The molecule has 84 valence electrons. The molecule has 0 fully saturated rings. The molecular weight excluding hydrogens is 208 g/mol. The van der Waals surface area contributed by atoms with Gasteiger partial charge in [0.2, 0.25) is 0 Å². The maximum absolute atomic E-state index is 8.60. The van der Waals surface area contributed by atoms with Crippen LogP contribution in [0.2, 0.25) is 0 Å². The Balaban J connectivity index is 2.37. The summed E-state index contributed by atoms with van der Waals surface area (Å²) in [6.07, 6.45) is 2.19. The molecule has 0 aliphatic rings. The fourth-order valence-electron chi connectivity index (χ4n) is 1.88. The minimum Gasteiger partial charge on any atom is -0.256 e. The summed E-state index contributed by atoms with van der Waals surface area (Å²) in [4.78, 5) is 4.41. The Bertz CT molecular complexity index is 562. The summed E-state index contributed by atoms with van der Waals surface area (Å²) in [6, 6.07) is 12.4. The first-order valence-electron chi connectivity index (χ1n) is 5.60. The van der Waals surface area contributed by atoms with Crippen molar-refractivity contribution in [3.8, 4) is 17.3 Å². The number of benzene rings is 1. The molecule has 0 N–H and O–H groups in total. The van der Waals surface area contributed by atoms with E-state index in [1.807, 2.05) is 12.1 Å². The summed E-state index contributed by atoms with van der Waals surface area (Å²) in [5.41, 5.74) is 5.56. The van der Waals surface area contributed by atoms with E-state index in [1.54, 1.807) is 6.20 Å². The third kappa shape index (κ3) is 2.51. The number of hydrogen-bond donors (Lipinski definition) is 0. The molecule has 1 aromatic carbocycles. The van der Waals surface area contributed by atoms with Crippen LogP contribution in [-0.4, -0.2) is 4.98 Å². The number of nitrogens with zero attached hydrogens (tertiary/aromatic N) is 2. The fourth-order valence-corrected chi connectivity index (χ4v) is 1.88. The van der Waals surface area contributed by atoms with Crippen LogP contribution in [-0.2, 0) is 6.42 Å². The molecule has 2 nitrogen and oxygen atoms in total. The number of pyridine rings is 1. The summed E-state index contributed by atoms with van der Waals surface area (Å²) < 4.78 is 0. The van der Waals surface area contributed by atoms with Gasteiger partial charge in [-0.25, -0.2) is 0 Å². The van der Waals surface area contributed by atoms with Crippen LogP contribution in [0.3, 0.4) is 0 Å². The van der Waals surface area contributed by atoms with Crippen molar-refractivity contribution in [1.29, 1.82) is 5.26 Å². The number of rotatable bonds is 2. The molecule has 17 heavy (non-hydrogen) atoms. The normalized spacial score (nSPS) is 9.94. The van der Waals surface area contributed by atoms with Crippen LogP contribution in [0.25, 0.3) is 11.3 Å². The molecule has 1 aromatic heterocycles. The van der Waals surface area contributed by atoms with Crippen molar-refractivity contribution in [3.05, 3.63) is 53.2 Å². The number of hydrogen-bond acceptors (Lipinski definition) is 2. The predicted molar refractivity (Wildman–Crippen MR) is 68.5 cm³/mol. The minimum atomic E-state index is 0.417. The highest BCUT2D eigenvalue weighted by molar-refractivity contribution is 5.63. The van der Waals surface area contributed by atoms with Crippen molar-refractivity contribution in [2.75, 3.05) is 0 Å². The standard InChI is InChI=1S/C15H14N2/c1-11-3-5-14(12(2)9-11)15-6-4-13(7-8-16)10-17-15/h3-6,9-10H,7H2,1-2H3. The van der Waals surface area contributed by atoms with Crippen LogP contribution in [0.4, 0.5) is 0 Å².